The normalized spacial score (nSPS) is 15.3. The van der Waals surface area contributed by atoms with Crippen molar-refractivity contribution in [2.24, 2.45) is 0 Å². The van der Waals surface area contributed by atoms with Crippen LogP contribution in [-0.2, 0) is 14.8 Å². The Kier molecular flexibility index (Phi) is 7.24. The zero-order valence-corrected chi connectivity index (χ0v) is 19.8. The number of benzene rings is 1. The van der Waals surface area contributed by atoms with Crippen LogP contribution in [0, 0.1) is 5.82 Å². The zero-order chi connectivity index (χ0) is 25.2. The molecule has 1 saturated heterocycles. The molecule has 1 aliphatic heterocycles. The molecular formula is C21H21F4N5O3S2. The van der Waals surface area contributed by atoms with Crippen molar-refractivity contribution in [3.8, 4) is 21.8 Å². The van der Waals surface area contributed by atoms with Crippen molar-refractivity contribution in [2.45, 2.75) is 31.4 Å². The van der Waals surface area contributed by atoms with Gasteiger partial charge >= 0.3 is 6.18 Å². The van der Waals surface area contributed by atoms with Gasteiger partial charge in [-0.1, -0.05) is 6.07 Å². The van der Waals surface area contributed by atoms with Gasteiger partial charge in [0.1, 0.15) is 0 Å². The van der Waals surface area contributed by atoms with Crippen molar-refractivity contribution in [3.05, 3.63) is 41.3 Å². The Labute approximate surface area is 202 Å². The van der Waals surface area contributed by atoms with Gasteiger partial charge in [-0.05, 0) is 31.0 Å². The highest BCUT2D eigenvalue weighted by atomic mass is 32.2. The van der Waals surface area contributed by atoms with E-state index in [-0.39, 0.29) is 23.1 Å². The number of nitrogens with two attached hydrogens (primary N) is 1. The summed E-state index contributed by atoms with van der Waals surface area (Å²) in [5, 5.41) is 0.742. The molecule has 1 aliphatic rings. The van der Waals surface area contributed by atoms with Crippen LogP contribution < -0.4 is 10.5 Å². The van der Waals surface area contributed by atoms with Crippen LogP contribution in [-0.4, -0.2) is 48.5 Å². The first-order chi connectivity index (χ1) is 16.5. The Balaban J connectivity index is 1.74. The molecule has 1 fully saturated rings. The van der Waals surface area contributed by atoms with Crippen molar-refractivity contribution in [1.29, 1.82) is 0 Å². The number of anilines is 2. The van der Waals surface area contributed by atoms with E-state index in [4.69, 9.17) is 10.5 Å². The molecular weight excluding hydrogens is 510 g/mol. The second-order valence-electron chi connectivity index (χ2n) is 7.87. The summed E-state index contributed by atoms with van der Waals surface area (Å²) in [6.07, 6.45) is -3.29. The number of sulfonamides is 1. The number of rotatable bonds is 7. The van der Waals surface area contributed by atoms with Crippen LogP contribution in [0.2, 0.25) is 0 Å². The quantitative estimate of drug-likeness (QED) is 0.428. The van der Waals surface area contributed by atoms with Crippen molar-refractivity contribution >= 4 is 33.0 Å². The molecule has 0 aliphatic carbocycles. The van der Waals surface area contributed by atoms with Gasteiger partial charge in [-0.15, -0.1) is 11.3 Å². The minimum atomic E-state index is -4.66. The van der Waals surface area contributed by atoms with Crippen LogP contribution >= 0.6 is 11.3 Å². The third-order valence-electron chi connectivity index (χ3n) is 5.29. The summed E-state index contributed by atoms with van der Waals surface area (Å²) in [4.78, 5) is 13.3. The van der Waals surface area contributed by atoms with Gasteiger partial charge in [-0.3, -0.25) is 4.72 Å². The first kappa shape index (κ1) is 25.3. The molecule has 3 heterocycles. The Bertz CT molecular complexity index is 1310. The Morgan fingerprint density at radius 3 is 2.60 bits per heavy atom. The topological polar surface area (TPSA) is 120 Å². The molecule has 14 heteroatoms. The van der Waals surface area contributed by atoms with Gasteiger partial charge in [0.15, 0.2) is 5.82 Å². The first-order valence-electron chi connectivity index (χ1n) is 10.6. The summed E-state index contributed by atoms with van der Waals surface area (Å²) in [5.41, 5.74) is 5.87. The Morgan fingerprint density at radius 2 is 1.91 bits per heavy atom. The van der Waals surface area contributed by atoms with E-state index < -0.39 is 39.9 Å². The van der Waals surface area contributed by atoms with Crippen molar-refractivity contribution in [1.82, 2.24) is 15.0 Å². The minimum absolute atomic E-state index is 0.0149. The van der Waals surface area contributed by atoms with Crippen LogP contribution in [0.15, 0.2) is 30.5 Å². The first-order valence-corrected chi connectivity index (χ1v) is 13.0. The summed E-state index contributed by atoms with van der Waals surface area (Å²) in [7, 11) is -4.45. The molecule has 0 bridgehead atoms. The van der Waals surface area contributed by atoms with E-state index >= 15 is 4.39 Å². The lowest BCUT2D eigenvalue weighted by Gasteiger charge is -2.19. The highest BCUT2D eigenvalue weighted by Gasteiger charge is 2.31. The number of hydrogen-bond donors (Lipinski definition) is 2. The predicted molar refractivity (Wildman–Crippen MR) is 124 cm³/mol. The maximum Gasteiger partial charge on any atom is 0.390 e. The SMILES string of the molecule is Nc1nccc(-c2sc(C3CCOCC3)nc2-c2cccc(NS(=O)(=O)CCC(F)(F)F)c2F)n1. The average molecular weight is 532 g/mol. The maximum absolute atomic E-state index is 15.5. The van der Waals surface area contributed by atoms with E-state index in [1.807, 2.05) is 4.72 Å². The number of nitrogens with one attached hydrogen (secondary N) is 1. The third kappa shape index (κ3) is 6.24. The fourth-order valence-corrected chi connectivity index (χ4v) is 5.89. The third-order valence-corrected chi connectivity index (χ3v) is 7.81. The number of aromatic nitrogens is 3. The van der Waals surface area contributed by atoms with Crippen LogP contribution in [0.4, 0.5) is 29.2 Å². The summed E-state index contributed by atoms with van der Waals surface area (Å²) in [6, 6.07) is 5.55. The molecule has 0 unspecified atom stereocenters. The molecule has 0 spiro atoms. The lowest BCUT2D eigenvalue weighted by atomic mass is 10.0. The average Bonchev–Trinajstić information content (AvgIpc) is 3.25. The lowest BCUT2D eigenvalue weighted by molar-refractivity contribution is -0.129. The number of alkyl halides is 3. The highest BCUT2D eigenvalue weighted by molar-refractivity contribution is 7.92. The molecule has 3 aromatic rings. The number of hydrogen-bond acceptors (Lipinski definition) is 8. The van der Waals surface area contributed by atoms with Crippen LogP contribution in [0.1, 0.15) is 30.2 Å². The second kappa shape index (κ2) is 10.0. The summed E-state index contributed by atoms with van der Waals surface area (Å²) in [5.74, 6) is -2.08. The summed E-state index contributed by atoms with van der Waals surface area (Å²) in [6.45, 7) is 1.14. The fourth-order valence-electron chi connectivity index (χ4n) is 3.57. The molecule has 2 aromatic heterocycles. The van der Waals surface area contributed by atoms with E-state index in [0.717, 1.165) is 23.9 Å². The van der Waals surface area contributed by atoms with E-state index in [1.165, 1.54) is 29.7 Å². The molecule has 0 radical (unpaired) electrons. The van der Waals surface area contributed by atoms with Crippen molar-refractivity contribution < 1.29 is 30.7 Å². The van der Waals surface area contributed by atoms with Gasteiger partial charge in [0.05, 0.1) is 39.1 Å². The van der Waals surface area contributed by atoms with Crippen LogP contribution in [0.5, 0.6) is 0 Å². The molecule has 4 rings (SSSR count). The number of halogens is 4. The van der Waals surface area contributed by atoms with Gasteiger partial charge in [-0.2, -0.15) is 13.2 Å². The largest absolute Gasteiger partial charge is 0.390 e. The number of thiazole rings is 1. The predicted octanol–water partition coefficient (Wildman–Crippen LogP) is 4.58. The minimum Gasteiger partial charge on any atom is -0.381 e. The molecule has 0 atom stereocenters. The van der Waals surface area contributed by atoms with Crippen molar-refractivity contribution in [3.63, 3.8) is 0 Å². The van der Waals surface area contributed by atoms with Gasteiger partial charge in [0.25, 0.3) is 0 Å². The Morgan fingerprint density at radius 1 is 1.17 bits per heavy atom. The van der Waals surface area contributed by atoms with E-state index in [2.05, 4.69) is 15.0 Å². The molecule has 0 amide bonds. The highest BCUT2D eigenvalue weighted by Crippen LogP contribution is 2.42. The number of nitrogens with zero attached hydrogens (tertiary/aromatic N) is 3. The fraction of sp³-hybridized carbons (Fsp3) is 0.381. The Hall–Kier alpha value is -2.84. The second-order valence-corrected chi connectivity index (χ2v) is 10.7. The van der Waals surface area contributed by atoms with Crippen LogP contribution in [0.25, 0.3) is 21.8 Å². The van der Waals surface area contributed by atoms with E-state index in [1.54, 1.807) is 6.07 Å². The maximum atomic E-state index is 15.5. The van der Waals surface area contributed by atoms with Crippen LogP contribution in [0.3, 0.4) is 0 Å². The van der Waals surface area contributed by atoms with Gasteiger partial charge in [0.2, 0.25) is 16.0 Å². The number of nitrogen functional groups attached to an aromatic ring is 1. The van der Waals surface area contributed by atoms with Gasteiger partial charge < -0.3 is 10.5 Å². The smallest absolute Gasteiger partial charge is 0.381 e. The van der Waals surface area contributed by atoms with Crippen molar-refractivity contribution in [2.75, 3.05) is 29.4 Å². The van der Waals surface area contributed by atoms with Gasteiger partial charge in [-0.25, -0.2) is 27.8 Å². The summed E-state index contributed by atoms with van der Waals surface area (Å²) < 4.78 is 84.6. The molecule has 8 nitrogen and oxygen atoms in total. The van der Waals surface area contributed by atoms with E-state index in [0.29, 0.717) is 23.8 Å². The zero-order valence-electron chi connectivity index (χ0n) is 18.2. The van der Waals surface area contributed by atoms with Gasteiger partial charge in [0, 0.05) is 30.9 Å². The van der Waals surface area contributed by atoms with E-state index in [9.17, 15) is 21.6 Å². The molecule has 3 N–H and O–H groups in total. The number of ether oxygens (including phenoxy) is 1. The summed E-state index contributed by atoms with van der Waals surface area (Å²) >= 11 is 1.32. The lowest BCUT2D eigenvalue weighted by Crippen LogP contribution is -2.22. The molecule has 35 heavy (non-hydrogen) atoms. The molecule has 0 saturated carbocycles. The standard InChI is InChI=1S/C21H21F4N5O3S2/c22-16-13(2-1-3-14(16)30-35(31,32)11-7-21(23,24)25)17-18(15-4-8-27-20(26)28-15)34-19(29-17)12-5-9-33-10-6-12/h1-4,8,12,30H,5-7,9-11H2,(H2,26,27,28). The monoisotopic (exact) mass is 531 g/mol. The molecule has 188 valence electrons. The molecule has 1 aromatic carbocycles.